The third-order valence-electron chi connectivity index (χ3n) is 12.0. The van der Waals surface area contributed by atoms with E-state index in [0.29, 0.717) is 19.3 Å². The molecule has 3 heterocycles. The number of rotatable bonds is 5. The van der Waals surface area contributed by atoms with Crippen LogP contribution in [-0.2, 0) is 28.5 Å². The molecule has 0 saturated carbocycles. The van der Waals surface area contributed by atoms with Crippen molar-refractivity contribution in [3.8, 4) is 0 Å². The van der Waals surface area contributed by atoms with Gasteiger partial charge in [0, 0.05) is 38.1 Å². The van der Waals surface area contributed by atoms with Gasteiger partial charge in [-0.25, -0.2) is 0 Å². The molecule has 16 heteroatoms. The molecule has 3 rings (SSSR count). The van der Waals surface area contributed by atoms with Crippen molar-refractivity contribution in [2.24, 2.45) is 11.8 Å². The molecular weight excluding hydrogens is 831 g/mol. The molecule has 12 unspecified atom stereocenters. The van der Waals surface area contributed by atoms with Crippen molar-refractivity contribution in [3.63, 3.8) is 0 Å². The largest absolute Gasteiger partial charge is 0.462 e. The zero-order valence-electron chi connectivity index (χ0n) is 37.8. The molecule has 2 saturated heterocycles. The lowest BCUT2D eigenvalue weighted by Gasteiger charge is -2.43. The van der Waals surface area contributed by atoms with Crippen molar-refractivity contribution in [2.45, 2.75) is 190 Å². The molecule has 0 aromatic carbocycles. The van der Waals surface area contributed by atoms with Crippen molar-refractivity contribution in [1.29, 1.82) is 0 Å². The highest BCUT2D eigenvalue weighted by Crippen LogP contribution is 2.38. The monoisotopic (exact) mass is 908 g/mol. The molecule has 364 valence electrons. The molecule has 3 aliphatic heterocycles. The van der Waals surface area contributed by atoms with Crippen molar-refractivity contribution >= 4 is 11.9 Å². The molecule has 0 aromatic heterocycles. The second-order valence-corrected chi connectivity index (χ2v) is 17.5. The van der Waals surface area contributed by atoms with E-state index in [-0.39, 0.29) is 58.1 Å². The van der Waals surface area contributed by atoms with Crippen LogP contribution in [0.1, 0.15) is 111 Å². The lowest BCUT2D eigenvalue weighted by molar-refractivity contribution is -0.287. The van der Waals surface area contributed by atoms with Gasteiger partial charge >= 0.3 is 5.97 Å². The zero-order valence-corrected chi connectivity index (χ0v) is 37.8. The van der Waals surface area contributed by atoms with Crippen molar-refractivity contribution in [2.75, 3.05) is 13.2 Å². The highest BCUT2D eigenvalue weighted by Gasteiger charge is 2.46. The quantitative estimate of drug-likeness (QED) is 0.178. The van der Waals surface area contributed by atoms with Crippen molar-refractivity contribution in [1.82, 2.24) is 5.32 Å². The molecule has 10 N–H and O–H groups in total. The maximum atomic E-state index is 13.4. The number of fused-ring (bicyclic) bond motifs is 2. The molecule has 0 aliphatic carbocycles. The van der Waals surface area contributed by atoms with Gasteiger partial charge in [-0.15, -0.1) is 0 Å². The number of hydrogen-bond donors (Lipinski definition) is 10. The minimum Gasteiger partial charge on any atom is -0.462 e. The van der Waals surface area contributed by atoms with E-state index >= 15 is 0 Å². The van der Waals surface area contributed by atoms with Crippen molar-refractivity contribution < 1.29 is 74.5 Å². The van der Waals surface area contributed by atoms with E-state index < -0.39 is 116 Å². The van der Waals surface area contributed by atoms with Crippen LogP contribution in [0.2, 0.25) is 0 Å². The summed E-state index contributed by atoms with van der Waals surface area (Å²) in [5.74, 6) is -4.21. The number of ether oxygens (including phenoxy) is 4. The average molecular weight is 908 g/mol. The van der Waals surface area contributed by atoms with E-state index in [4.69, 9.17) is 18.9 Å². The summed E-state index contributed by atoms with van der Waals surface area (Å²) < 4.78 is 24.0. The summed E-state index contributed by atoms with van der Waals surface area (Å²) in [4.78, 5) is 25.9. The highest BCUT2D eigenvalue weighted by molar-refractivity contribution is 5.79. The first kappa shape index (κ1) is 55.2. The lowest BCUT2D eigenvalue weighted by atomic mass is 9.84. The standard InChI is InChI=1S/C48H77NO15/c1-32-33(2)61-45(58)29-37(53)28-36(52)27-35(51)19-20-42(56)43(57)31-48(60)24-23-39(47(59)49-25-26-50)44(64-48)30-38(63-46-22-21-41(55)34(3)62-46)17-15-13-11-9-7-5-4-6-8-10-12-14-16-18-40(32)54/h4-5,7,9-17,32-44,46,50-57,60H,6,8,18-31H2,1-3H3,(H,49,59)/b5-4+,9-7+,12-10+,13-11+,16-14+,17-15+/t32-,33-,34+,35?,36?,37?,38?,39?,40?,41?,42?,43?,44?,46?,48?/m0/s1. The number of hydrogen-bond acceptors (Lipinski definition) is 15. The van der Waals surface area contributed by atoms with E-state index in [1.807, 2.05) is 60.8 Å². The van der Waals surface area contributed by atoms with E-state index in [9.17, 15) is 55.5 Å². The van der Waals surface area contributed by atoms with Gasteiger partial charge in [0.25, 0.3) is 0 Å². The number of amides is 1. The fourth-order valence-electron chi connectivity index (χ4n) is 7.92. The van der Waals surface area contributed by atoms with E-state index in [2.05, 4.69) is 5.32 Å². The van der Waals surface area contributed by atoms with Gasteiger partial charge in [-0.1, -0.05) is 79.8 Å². The van der Waals surface area contributed by atoms with Gasteiger partial charge in [-0.3, -0.25) is 9.59 Å². The van der Waals surface area contributed by atoms with Crippen LogP contribution in [0.5, 0.6) is 0 Å². The Balaban J connectivity index is 1.80. The predicted molar refractivity (Wildman–Crippen MR) is 239 cm³/mol. The average Bonchev–Trinajstić information content (AvgIpc) is 3.23. The van der Waals surface area contributed by atoms with Crippen molar-refractivity contribution in [3.05, 3.63) is 72.9 Å². The summed E-state index contributed by atoms with van der Waals surface area (Å²) in [6.07, 6.45) is 12.9. The highest BCUT2D eigenvalue weighted by atomic mass is 16.7. The van der Waals surface area contributed by atoms with Crippen LogP contribution in [0.25, 0.3) is 0 Å². The van der Waals surface area contributed by atoms with Crippen LogP contribution >= 0.6 is 0 Å². The molecule has 16 nitrogen and oxygen atoms in total. The Bertz CT molecular complexity index is 1530. The third kappa shape index (κ3) is 21.0. The SMILES string of the molecule is C[C@@H]1OC(=O)CC(O)CC(O)CC(O)CCC(O)C(O)CC2(O)CCC(C(=O)NCCO)C(CC(OC3CCC(O)[C@@H](C)O3)/C=C/C=C/C=C/C=C/CC/C=C/C=C/CC(O)[C@H]1C)O2. The van der Waals surface area contributed by atoms with Gasteiger partial charge < -0.3 is 70.2 Å². The summed E-state index contributed by atoms with van der Waals surface area (Å²) in [6, 6.07) is 0. The van der Waals surface area contributed by atoms with Gasteiger partial charge in [0.05, 0.1) is 80.0 Å². The summed E-state index contributed by atoms with van der Waals surface area (Å²) in [7, 11) is 0. The van der Waals surface area contributed by atoms with Crippen LogP contribution in [0.4, 0.5) is 0 Å². The van der Waals surface area contributed by atoms with Crippen LogP contribution in [0.15, 0.2) is 72.9 Å². The first-order chi connectivity index (χ1) is 30.5. The summed E-state index contributed by atoms with van der Waals surface area (Å²) >= 11 is 0. The zero-order chi connectivity index (χ0) is 47.1. The van der Waals surface area contributed by atoms with Gasteiger partial charge in [0.15, 0.2) is 12.1 Å². The number of aliphatic hydroxyl groups is 9. The first-order valence-corrected chi connectivity index (χ1v) is 23.0. The molecule has 1 amide bonds. The van der Waals surface area contributed by atoms with Gasteiger partial charge in [-0.2, -0.15) is 0 Å². The van der Waals surface area contributed by atoms with E-state index in [0.717, 1.165) is 12.8 Å². The Hall–Kier alpha value is -3.10. The Morgan fingerprint density at radius 2 is 1.38 bits per heavy atom. The second kappa shape index (κ2) is 29.5. The molecule has 15 atom stereocenters. The molecule has 0 aromatic rings. The normalized spacial score (nSPS) is 41.0. The Labute approximate surface area is 378 Å². The smallest absolute Gasteiger partial charge is 0.308 e. The fraction of sp³-hybridized carbons (Fsp3) is 0.708. The van der Waals surface area contributed by atoms with Crippen LogP contribution < -0.4 is 5.32 Å². The summed E-state index contributed by atoms with van der Waals surface area (Å²) in [5.41, 5.74) is 0. The summed E-state index contributed by atoms with van der Waals surface area (Å²) in [5, 5.41) is 98.3. The van der Waals surface area contributed by atoms with Gasteiger partial charge in [0.1, 0.15) is 6.10 Å². The molecule has 0 radical (unpaired) electrons. The number of esters is 1. The Kier molecular flexibility index (Phi) is 25.5. The molecule has 0 spiro atoms. The number of cyclic esters (lactones) is 1. The molecular formula is C48H77NO15. The van der Waals surface area contributed by atoms with Crippen LogP contribution in [0, 0.1) is 11.8 Å². The number of carbonyl (C=O) groups is 2. The number of nitrogens with one attached hydrogen (secondary N) is 1. The maximum Gasteiger partial charge on any atom is 0.308 e. The maximum absolute atomic E-state index is 13.4. The second-order valence-electron chi connectivity index (χ2n) is 17.5. The summed E-state index contributed by atoms with van der Waals surface area (Å²) in [6.45, 7) is 4.92. The topological polar surface area (TPSA) is 265 Å². The fourth-order valence-corrected chi connectivity index (χ4v) is 7.92. The minimum absolute atomic E-state index is 0.0125. The van der Waals surface area contributed by atoms with Gasteiger partial charge in [-0.05, 0) is 71.6 Å². The molecule has 2 bridgehead atoms. The van der Waals surface area contributed by atoms with E-state index in [1.54, 1.807) is 32.9 Å². The van der Waals surface area contributed by atoms with Gasteiger partial charge in [0.2, 0.25) is 5.91 Å². The molecule has 64 heavy (non-hydrogen) atoms. The third-order valence-corrected chi connectivity index (χ3v) is 12.0. The number of allylic oxidation sites excluding steroid dienone is 10. The minimum atomic E-state index is -1.96. The predicted octanol–water partition coefficient (Wildman–Crippen LogP) is 2.83. The Morgan fingerprint density at radius 3 is 2.08 bits per heavy atom. The van der Waals surface area contributed by atoms with E-state index in [1.165, 1.54) is 0 Å². The Morgan fingerprint density at radius 1 is 0.734 bits per heavy atom. The first-order valence-electron chi connectivity index (χ1n) is 23.0. The number of aliphatic hydroxyl groups excluding tert-OH is 8. The number of carbonyl (C=O) groups excluding carboxylic acids is 2. The van der Waals surface area contributed by atoms with Crippen LogP contribution in [-0.4, -0.2) is 150 Å². The molecule has 2 fully saturated rings. The molecule has 3 aliphatic rings. The van der Waals surface area contributed by atoms with Crippen LogP contribution in [0.3, 0.4) is 0 Å². The lowest BCUT2D eigenvalue weighted by Crippen LogP contribution is -2.53.